The van der Waals surface area contributed by atoms with Crippen molar-refractivity contribution in [2.24, 2.45) is 0 Å². The van der Waals surface area contributed by atoms with E-state index < -0.39 is 6.09 Å². The van der Waals surface area contributed by atoms with Gasteiger partial charge in [-0.1, -0.05) is 95.5 Å². The van der Waals surface area contributed by atoms with Crippen LogP contribution in [-0.4, -0.2) is 6.09 Å². The average molecular weight is 419 g/mol. The molecule has 0 aliphatic rings. The van der Waals surface area contributed by atoms with Crippen LogP contribution in [0.4, 0.5) is 10.5 Å². The number of halogens is 3. The third-order valence-electron chi connectivity index (χ3n) is 3.62. The SMILES string of the molecule is O=C(Nc1ccc(Cl)c(Cl)c1)O/C(=C(\Cl)c1ccccc1)c1ccccc1. The van der Waals surface area contributed by atoms with Crippen molar-refractivity contribution in [3.05, 3.63) is 100 Å². The Kier molecular flexibility index (Phi) is 6.40. The van der Waals surface area contributed by atoms with Gasteiger partial charge in [0, 0.05) is 11.3 Å². The fourth-order valence-corrected chi connectivity index (χ4v) is 2.92. The predicted molar refractivity (Wildman–Crippen MR) is 112 cm³/mol. The molecule has 0 saturated carbocycles. The van der Waals surface area contributed by atoms with Crippen LogP contribution in [0.1, 0.15) is 11.1 Å². The molecule has 3 nitrogen and oxygen atoms in total. The van der Waals surface area contributed by atoms with Crippen LogP contribution in [0, 0.1) is 0 Å². The van der Waals surface area contributed by atoms with Crippen LogP contribution in [0.15, 0.2) is 78.9 Å². The van der Waals surface area contributed by atoms with Crippen molar-refractivity contribution in [3.63, 3.8) is 0 Å². The first-order chi connectivity index (χ1) is 13.0. The van der Waals surface area contributed by atoms with Gasteiger partial charge in [0.25, 0.3) is 0 Å². The summed E-state index contributed by atoms with van der Waals surface area (Å²) in [6.07, 6.45) is -0.693. The van der Waals surface area contributed by atoms with Crippen molar-refractivity contribution in [2.75, 3.05) is 5.32 Å². The van der Waals surface area contributed by atoms with Gasteiger partial charge in [-0.25, -0.2) is 4.79 Å². The van der Waals surface area contributed by atoms with Crippen LogP contribution < -0.4 is 5.32 Å². The Hall–Kier alpha value is -2.46. The number of benzene rings is 3. The fourth-order valence-electron chi connectivity index (χ4n) is 2.35. The number of rotatable bonds is 4. The van der Waals surface area contributed by atoms with Crippen molar-refractivity contribution in [1.82, 2.24) is 0 Å². The van der Waals surface area contributed by atoms with E-state index in [0.717, 1.165) is 5.56 Å². The number of nitrogens with one attached hydrogen (secondary N) is 1. The highest BCUT2D eigenvalue weighted by atomic mass is 35.5. The second kappa shape index (κ2) is 8.96. The lowest BCUT2D eigenvalue weighted by atomic mass is 10.1. The fraction of sp³-hybridized carbons (Fsp3) is 0. The molecule has 0 saturated heterocycles. The summed E-state index contributed by atoms with van der Waals surface area (Å²) in [6.45, 7) is 0. The minimum atomic E-state index is -0.693. The molecule has 0 aliphatic heterocycles. The lowest BCUT2D eigenvalue weighted by Crippen LogP contribution is -2.13. The Morgan fingerprint density at radius 3 is 1.96 bits per heavy atom. The number of hydrogen-bond acceptors (Lipinski definition) is 2. The minimum absolute atomic E-state index is 0.251. The second-order valence-corrected chi connectivity index (χ2v) is 6.71. The van der Waals surface area contributed by atoms with E-state index in [1.165, 1.54) is 6.07 Å². The molecule has 1 amide bonds. The predicted octanol–water partition coefficient (Wildman–Crippen LogP) is 7.31. The summed E-state index contributed by atoms with van der Waals surface area (Å²) in [5, 5.41) is 3.67. The summed E-state index contributed by atoms with van der Waals surface area (Å²) in [6, 6.07) is 23.2. The van der Waals surface area contributed by atoms with Gasteiger partial charge in [-0.05, 0) is 23.8 Å². The van der Waals surface area contributed by atoms with Gasteiger partial charge < -0.3 is 4.74 Å². The van der Waals surface area contributed by atoms with Gasteiger partial charge in [0.1, 0.15) is 0 Å². The van der Waals surface area contributed by atoms with E-state index in [1.807, 2.05) is 60.7 Å². The van der Waals surface area contributed by atoms with Crippen LogP contribution in [0.3, 0.4) is 0 Å². The molecule has 0 heterocycles. The van der Waals surface area contributed by atoms with Crippen LogP contribution in [0.25, 0.3) is 10.8 Å². The molecule has 27 heavy (non-hydrogen) atoms. The molecule has 1 N–H and O–H groups in total. The molecule has 0 radical (unpaired) electrons. The van der Waals surface area contributed by atoms with E-state index in [9.17, 15) is 4.79 Å². The molecule has 0 aliphatic carbocycles. The Balaban J connectivity index is 1.90. The summed E-state index contributed by atoms with van der Waals surface area (Å²) >= 11 is 18.4. The standard InChI is InChI=1S/C21H14Cl3NO2/c22-17-12-11-16(13-18(17)23)25-21(26)27-20(15-9-5-2-6-10-15)19(24)14-7-3-1-4-8-14/h1-13H,(H,25,26)/b20-19-. The van der Waals surface area contributed by atoms with Crippen LogP contribution in [0.5, 0.6) is 0 Å². The van der Waals surface area contributed by atoms with E-state index in [0.29, 0.717) is 26.3 Å². The molecular weight excluding hydrogens is 405 g/mol. The van der Waals surface area contributed by atoms with E-state index in [2.05, 4.69) is 5.32 Å². The third-order valence-corrected chi connectivity index (χ3v) is 4.75. The molecule has 0 fully saturated rings. The quantitative estimate of drug-likeness (QED) is 0.356. The van der Waals surface area contributed by atoms with Crippen molar-refractivity contribution >= 4 is 57.4 Å². The monoisotopic (exact) mass is 417 g/mol. The Labute approximate surface area is 172 Å². The lowest BCUT2D eigenvalue weighted by molar-refractivity contribution is 0.207. The zero-order chi connectivity index (χ0) is 19.2. The molecule has 136 valence electrons. The van der Waals surface area contributed by atoms with Crippen LogP contribution >= 0.6 is 34.8 Å². The molecule has 3 aromatic rings. The van der Waals surface area contributed by atoms with Gasteiger partial charge in [0.05, 0.1) is 15.1 Å². The lowest BCUT2D eigenvalue weighted by Gasteiger charge is -2.13. The topological polar surface area (TPSA) is 38.3 Å². The Morgan fingerprint density at radius 2 is 1.37 bits per heavy atom. The van der Waals surface area contributed by atoms with Crippen molar-refractivity contribution in [3.8, 4) is 0 Å². The largest absolute Gasteiger partial charge is 0.417 e. The molecule has 0 spiro atoms. The van der Waals surface area contributed by atoms with Crippen LogP contribution in [-0.2, 0) is 4.74 Å². The highest BCUT2D eigenvalue weighted by Crippen LogP contribution is 2.31. The molecule has 0 unspecified atom stereocenters. The van der Waals surface area contributed by atoms with E-state index in [4.69, 9.17) is 39.5 Å². The number of ether oxygens (including phenoxy) is 1. The van der Waals surface area contributed by atoms with E-state index in [1.54, 1.807) is 12.1 Å². The van der Waals surface area contributed by atoms with Gasteiger partial charge >= 0.3 is 6.09 Å². The first-order valence-electron chi connectivity index (χ1n) is 7.99. The molecule has 0 atom stereocenters. The van der Waals surface area contributed by atoms with Crippen molar-refractivity contribution < 1.29 is 9.53 Å². The molecule has 3 aromatic carbocycles. The number of carbonyl (C=O) groups is 1. The average Bonchev–Trinajstić information content (AvgIpc) is 2.70. The van der Waals surface area contributed by atoms with Crippen molar-refractivity contribution in [1.29, 1.82) is 0 Å². The van der Waals surface area contributed by atoms with Crippen molar-refractivity contribution in [2.45, 2.75) is 0 Å². The van der Waals surface area contributed by atoms with Gasteiger partial charge in [-0.2, -0.15) is 0 Å². The third kappa shape index (κ3) is 5.04. The molecule has 0 aromatic heterocycles. The minimum Gasteiger partial charge on any atom is -0.408 e. The smallest absolute Gasteiger partial charge is 0.408 e. The zero-order valence-electron chi connectivity index (χ0n) is 14.0. The van der Waals surface area contributed by atoms with Crippen LogP contribution in [0.2, 0.25) is 10.0 Å². The highest BCUT2D eigenvalue weighted by molar-refractivity contribution is 6.52. The van der Waals surface area contributed by atoms with Gasteiger partial charge in [0.15, 0.2) is 5.76 Å². The number of carbonyl (C=O) groups excluding carboxylic acids is 1. The maximum atomic E-state index is 12.4. The normalized spacial score (nSPS) is 11.5. The summed E-state index contributed by atoms with van der Waals surface area (Å²) < 4.78 is 5.55. The first kappa shape index (κ1) is 19.3. The summed E-state index contributed by atoms with van der Waals surface area (Å²) in [5.41, 5.74) is 1.87. The first-order valence-corrected chi connectivity index (χ1v) is 9.12. The second-order valence-electron chi connectivity index (χ2n) is 5.52. The van der Waals surface area contributed by atoms with E-state index in [-0.39, 0.29) is 5.76 Å². The number of hydrogen-bond donors (Lipinski definition) is 1. The Bertz CT molecular complexity index is 973. The molecule has 0 bridgehead atoms. The molecule has 6 heteroatoms. The highest BCUT2D eigenvalue weighted by Gasteiger charge is 2.16. The maximum absolute atomic E-state index is 12.4. The Morgan fingerprint density at radius 1 is 0.778 bits per heavy atom. The molecule has 3 rings (SSSR count). The summed E-state index contributed by atoms with van der Waals surface area (Å²) in [5.74, 6) is 0.251. The molecular formula is C21H14Cl3NO2. The maximum Gasteiger partial charge on any atom is 0.417 e. The number of amides is 1. The zero-order valence-corrected chi connectivity index (χ0v) is 16.2. The van der Waals surface area contributed by atoms with E-state index >= 15 is 0 Å². The van der Waals surface area contributed by atoms with Gasteiger partial charge in [-0.15, -0.1) is 0 Å². The summed E-state index contributed by atoms with van der Waals surface area (Å²) in [7, 11) is 0. The van der Waals surface area contributed by atoms with Gasteiger partial charge in [-0.3, -0.25) is 5.32 Å². The number of anilines is 1. The summed E-state index contributed by atoms with van der Waals surface area (Å²) in [4.78, 5) is 12.4. The van der Waals surface area contributed by atoms with Gasteiger partial charge in [0.2, 0.25) is 0 Å².